The zero-order valence-electron chi connectivity index (χ0n) is 27.7. The van der Waals surface area contributed by atoms with Gasteiger partial charge in [0.1, 0.15) is 19.8 Å². The molecule has 0 aromatic rings. The van der Waals surface area contributed by atoms with Crippen LogP contribution in [0.4, 0.5) is 0 Å². The van der Waals surface area contributed by atoms with E-state index in [1.807, 2.05) is 21.1 Å². The van der Waals surface area contributed by atoms with Crippen LogP contribution in [0.1, 0.15) is 142 Å². The number of phosphoric acid groups is 1. The molecule has 0 aliphatic carbocycles. The average molecular weight is 622 g/mol. The Morgan fingerprint density at radius 3 is 1.52 bits per heavy atom. The number of likely N-dealkylation sites (N-methyl/N-ethyl adjacent to an activating group) is 1. The third kappa shape index (κ3) is 29.1. The lowest BCUT2D eigenvalue weighted by Crippen LogP contribution is -2.37. The topological polar surface area (TPSA) is 111 Å². The normalized spacial score (nSPS) is 14.0. The van der Waals surface area contributed by atoms with Gasteiger partial charge in [-0.3, -0.25) is 14.2 Å². The number of hydrogen-bond donors (Lipinski definition) is 0. The van der Waals surface area contributed by atoms with Gasteiger partial charge in [0, 0.05) is 12.8 Å². The van der Waals surface area contributed by atoms with Crippen molar-refractivity contribution >= 4 is 19.8 Å². The fraction of sp³-hybridized carbons (Fsp3) is 0.938. The van der Waals surface area contributed by atoms with Crippen LogP contribution in [-0.4, -0.2) is 70.0 Å². The second kappa shape index (κ2) is 26.4. The Bertz CT molecular complexity index is 713. The molecular weight excluding hydrogens is 557 g/mol. The van der Waals surface area contributed by atoms with Crippen molar-refractivity contribution in [3.63, 3.8) is 0 Å². The summed E-state index contributed by atoms with van der Waals surface area (Å²) in [5.41, 5.74) is 0. The van der Waals surface area contributed by atoms with Gasteiger partial charge in [-0.1, -0.05) is 117 Å². The van der Waals surface area contributed by atoms with Crippen LogP contribution in [0.3, 0.4) is 0 Å². The van der Waals surface area contributed by atoms with Crippen molar-refractivity contribution in [1.82, 2.24) is 0 Å². The highest BCUT2D eigenvalue weighted by Crippen LogP contribution is 2.38. The summed E-state index contributed by atoms with van der Waals surface area (Å²) in [6.07, 6.45) is 20.1. The van der Waals surface area contributed by atoms with Gasteiger partial charge in [0.15, 0.2) is 6.10 Å². The predicted molar refractivity (Wildman–Crippen MR) is 167 cm³/mol. The molecule has 0 aromatic heterocycles. The monoisotopic (exact) mass is 621 g/mol. The fourth-order valence-electron chi connectivity index (χ4n) is 4.42. The predicted octanol–water partition coefficient (Wildman–Crippen LogP) is 7.49. The van der Waals surface area contributed by atoms with Crippen LogP contribution in [-0.2, 0) is 32.7 Å². The first kappa shape index (κ1) is 41.0. The number of ether oxygens (including phenoxy) is 2. The summed E-state index contributed by atoms with van der Waals surface area (Å²) in [5.74, 6) is -0.839. The van der Waals surface area contributed by atoms with E-state index in [0.29, 0.717) is 17.4 Å². The number of unbranched alkanes of at least 4 members (excludes halogenated alkanes) is 16. The van der Waals surface area contributed by atoms with Crippen LogP contribution in [0.2, 0.25) is 0 Å². The third-order valence-corrected chi connectivity index (χ3v) is 8.09. The fourth-order valence-corrected chi connectivity index (χ4v) is 5.15. The number of rotatable bonds is 30. The molecule has 0 spiro atoms. The van der Waals surface area contributed by atoms with Gasteiger partial charge in [-0.15, -0.1) is 0 Å². The number of carbonyl (C=O) groups is 2. The minimum absolute atomic E-state index is 0.0269. The van der Waals surface area contributed by atoms with E-state index in [2.05, 4.69) is 13.8 Å². The van der Waals surface area contributed by atoms with Crippen molar-refractivity contribution in [3.05, 3.63) is 0 Å². The zero-order valence-corrected chi connectivity index (χ0v) is 28.6. The van der Waals surface area contributed by atoms with Crippen LogP contribution in [0.5, 0.6) is 0 Å². The summed E-state index contributed by atoms with van der Waals surface area (Å²) in [5, 5.41) is 0. The molecule has 10 heteroatoms. The Balaban J connectivity index is 4.46. The molecule has 0 fully saturated rings. The van der Waals surface area contributed by atoms with E-state index < -0.39 is 26.5 Å². The van der Waals surface area contributed by atoms with Crippen molar-refractivity contribution in [1.29, 1.82) is 0 Å². The molecule has 0 N–H and O–H groups in total. The number of phosphoric ester groups is 1. The Kier molecular flexibility index (Phi) is 25.8. The molecule has 0 amide bonds. The minimum Gasteiger partial charge on any atom is -0.756 e. The lowest BCUT2D eigenvalue weighted by molar-refractivity contribution is -0.870. The zero-order chi connectivity index (χ0) is 31.5. The first-order chi connectivity index (χ1) is 20.0. The summed E-state index contributed by atoms with van der Waals surface area (Å²) in [4.78, 5) is 36.9. The van der Waals surface area contributed by atoms with E-state index in [1.54, 1.807) is 0 Å². The molecule has 0 radical (unpaired) electrons. The van der Waals surface area contributed by atoms with Crippen molar-refractivity contribution in [2.24, 2.45) is 0 Å². The van der Waals surface area contributed by atoms with Gasteiger partial charge in [0.25, 0.3) is 7.82 Å². The van der Waals surface area contributed by atoms with Crippen LogP contribution in [0.25, 0.3) is 0 Å². The molecule has 0 bridgehead atoms. The second-order valence-corrected chi connectivity index (χ2v) is 14.0. The van der Waals surface area contributed by atoms with E-state index in [-0.39, 0.29) is 32.0 Å². The van der Waals surface area contributed by atoms with Gasteiger partial charge in [0.2, 0.25) is 0 Å². The minimum atomic E-state index is -4.60. The maximum Gasteiger partial charge on any atom is 0.306 e. The van der Waals surface area contributed by atoms with Crippen LogP contribution >= 0.6 is 7.82 Å². The number of esters is 2. The molecule has 0 aliphatic rings. The quantitative estimate of drug-likeness (QED) is 0.0351. The van der Waals surface area contributed by atoms with E-state index >= 15 is 0 Å². The first-order valence-electron chi connectivity index (χ1n) is 16.7. The lowest BCUT2D eigenvalue weighted by atomic mass is 10.1. The molecule has 0 saturated carbocycles. The molecule has 2 atom stereocenters. The number of nitrogens with zero attached hydrogens (tertiary/aromatic N) is 1. The highest BCUT2D eigenvalue weighted by molar-refractivity contribution is 7.45. The Morgan fingerprint density at radius 2 is 1.07 bits per heavy atom. The SMILES string of the molecule is CCCCCCCCCCCCCC(=O)OC[C@H](COP(=O)([O-])OCC[N+](C)(C)C)OC(=O)CCCCCCCCC. The summed E-state index contributed by atoms with van der Waals surface area (Å²) >= 11 is 0. The van der Waals surface area contributed by atoms with Gasteiger partial charge < -0.3 is 27.9 Å². The highest BCUT2D eigenvalue weighted by Gasteiger charge is 2.21. The molecule has 9 nitrogen and oxygen atoms in total. The molecule has 0 rings (SSSR count). The molecular formula is C32H64NO8P. The molecule has 0 aromatic carbocycles. The maximum atomic E-state index is 12.4. The number of quaternary nitrogens is 1. The summed E-state index contributed by atoms with van der Waals surface area (Å²) in [6.45, 7) is 4.14. The first-order valence-corrected chi connectivity index (χ1v) is 18.2. The standard InChI is InChI=1S/C32H64NO8P/c1-6-8-10-12-14-15-16-17-19-20-22-24-31(34)38-28-30(29-40-42(36,37)39-27-26-33(3,4)5)41-32(35)25-23-21-18-13-11-9-7-2/h30H,6-29H2,1-5H3/t30-/m1/s1. The van der Waals surface area contributed by atoms with Crippen LogP contribution < -0.4 is 4.89 Å². The molecule has 0 aliphatic heterocycles. The molecule has 250 valence electrons. The summed E-state index contributed by atoms with van der Waals surface area (Å²) in [6, 6.07) is 0. The molecule has 42 heavy (non-hydrogen) atoms. The van der Waals surface area contributed by atoms with Gasteiger partial charge in [-0.2, -0.15) is 0 Å². The average Bonchev–Trinajstić information content (AvgIpc) is 2.91. The van der Waals surface area contributed by atoms with Crippen LogP contribution in [0.15, 0.2) is 0 Å². The van der Waals surface area contributed by atoms with Gasteiger partial charge >= 0.3 is 11.9 Å². The van der Waals surface area contributed by atoms with Crippen LogP contribution in [0, 0.1) is 0 Å². The van der Waals surface area contributed by atoms with Crippen molar-refractivity contribution in [3.8, 4) is 0 Å². The van der Waals surface area contributed by atoms with Crippen molar-refractivity contribution in [2.75, 3.05) is 47.5 Å². The van der Waals surface area contributed by atoms with E-state index in [4.69, 9.17) is 18.5 Å². The Labute approximate surface area is 257 Å². The number of carbonyl (C=O) groups excluding carboxylic acids is 2. The molecule has 0 heterocycles. The summed E-state index contributed by atoms with van der Waals surface area (Å²) in [7, 11) is 1.17. The lowest BCUT2D eigenvalue weighted by Gasteiger charge is -2.28. The molecule has 1 unspecified atom stereocenters. The van der Waals surface area contributed by atoms with Gasteiger partial charge in [-0.25, -0.2) is 0 Å². The van der Waals surface area contributed by atoms with E-state index in [9.17, 15) is 19.0 Å². The molecule has 0 saturated heterocycles. The Morgan fingerprint density at radius 1 is 0.643 bits per heavy atom. The third-order valence-electron chi connectivity index (χ3n) is 7.13. The number of hydrogen-bond acceptors (Lipinski definition) is 8. The van der Waals surface area contributed by atoms with Crippen molar-refractivity contribution < 1.29 is 42.1 Å². The maximum absolute atomic E-state index is 12.4. The highest BCUT2D eigenvalue weighted by atomic mass is 31.2. The van der Waals surface area contributed by atoms with Crippen molar-refractivity contribution in [2.45, 2.75) is 148 Å². The Hall–Kier alpha value is -0.990. The largest absolute Gasteiger partial charge is 0.756 e. The van der Waals surface area contributed by atoms with Gasteiger partial charge in [-0.05, 0) is 12.8 Å². The second-order valence-electron chi connectivity index (χ2n) is 12.5. The summed E-state index contributed by atoms with van der Waals surface area (Å²) < 4.78 is 33.5. The van der Waals surface area contributed by atoms with E-state index in [1.165, 1.54) is 70.6 Å². The van der Waals surface area contributed by atoms with E-state index in [0.717, 1.165) is 38.5 Å². The smallest absolute Gasteiger partial charge is 0.306 e. The van der Waals surface area contributed by atoms with Gasteiger partial charge in [0.05, 0.1) is 27.7 Å².